The number of aromatic amines is 1. The Morgan fingerprint density at radius 3 is 3.00 bits per heavy atom. The van der Waals surface area contributed by atoms with Crippen LogP contribution in [0.4, 0.5) is 5.82 Å². The van der Waals surface area contributed by atoms with Gasteiger partial charge in [0.1, 0.15) is 11.3 Å². The molecule has 0 saturated heterocycles. The standard InChI is InChI=1S/C9H11ClN6O/c1-5(8-15-13-4-16(8)2)14-7-6(10)9(17)12-3-11-7/h3-5H,1-2H3,(H2,11,12,14,17). The summed E-state index contributed by atoms with van der Waals surface area (Å²) in [4.78, 5) is 17.6. The van der Waals surface area contributed by atoms with Crippen molar-refractivity contribution in [3.8, 4) is 0 Å². The molecule has 2 aromatic heterocycles. The van der Waals surface area contributed by atoms with E-state index in [-0.39, 0.29) is 16.6 Å². The van der Waals surface area contributed by atoms with Gasteiger partial charge in [0.25, 0.3) is 5.56 Å². The smallest absolute Gasteiger partial charge is 0.271 e. The Hall–Kier alpha value is -1.89. The lowest BCUT2D eigenvalue weighted by molar-refractivity contribution is 0.716. The molecule has 0 spiro atoms. The molecule has 0 aliphatic carbocycles. The van der Waals surface area contributed by atoms with Gasteiger partial charge in [-0.15, -0.1) is 10.2 Å². The van der Waals surface area contributed by atoms with E-state index in [1.54, 1.807) is 10.9 Å². The molecule has 1 unspecified atom stereocenters. The molecular formula is C9H11ClN6O. The highest BCUT2D eigenvalue weighted by atomic mass is 35.5. The summed E-state index contributed by atoms with van der Waals surface area (Å²) in [5.74, 6) is 1.05. The lowest BCUT2D eigenvalue weighted by Gasteiger charge is -2.13. The summed E-state index contributed by atoms with van der Waals surface area (Å²) < 4.78 is 1.78. The lowest BCUT2D eigenvalue weighted by atomic mass is 10.3. The van der Waals surface area contributed by atoms with Gasteiger partial charge in [-0.25, -0.2) is 4.98 Å². The zero-order chi connectivity index (χ0) is 12.4. The van der Waals surface area contributed by atoms with Gasteiger partial charge >= 0.3 is 0 Å². The summed E-state index contributed by atoms with van der Waals surface area (Å²) >= 11 is 5.83. The minimum atomic E-state index is -0.380. The fourth-order valence-corrected chi connectivity index (χ4v) is 1.60. The second kappa shape index (κ2) is 4.54. The molecule has 2 N–H and O–H groups in total. The first kappa shape index (κ1) is 11.6. The zero-order valence-corrected chi connectivity index (χ0v) is 10.1. The Kier molecular flexibility index (Phi) is 3.10. The number of halogens is 1. The third-order valence-corrected chi connectivity index (χ3v) is 2.63. The number of hydrogen-bond donors (Lipinski definition) is 2. The number of rotatable bonds is 3. The molecule has 0 aliphatic rings. The van der Waals surface area contributed by atoms with Crippen LogP contribution in [0.15, 0.2) is 17.4 Å². The second-order valence-electron chi connectivity index (χ2n) is 3.56. The number of aryl methyl sites for hydroxylation is 1. The van der Waals surface area contributed by atoms with Gasteiger partial charge in [0.2, 0.25) is 0 Å². The Morgan fingerprint density at radius 1 is 1.59 bits per heavy atom. The van der Waals surface area contributed by atoms with Gasteiger partial charge in [-0.3, -0.25) is 4.79 Å². The number of nitrogens with one attached hydrogen (secondary N) is 2. The van der Waals surface area contributed by atoms with Crippen molar-refractivity contribution in [3.63, 3.8) is 0 Å². The van der Waals surface area contributed by atoms with Crippen LogP contribution in [0.3, 0.4) is 0 Å². The fourth-order valence-electron chi connectivity index (χ4n) is 1.44. The molecular weight excluding hydrogens is 244 g/mol. The molecule has 17 heavy (non-hydrogen) atoms. The Bertz CT molecular complexity index is 577. The van der Waals surface area contributed by atoms with Crippen molar-refractivity contribution in [1.82, 2.24) is 24.7 Å². The molecule has 2 aromatic rings. The van der Waals surface area contributed by atoms with Crippen LogP contribution in [-0.4, -0.2) is 24.7 Å². The number of aromatic nitrogens is 5. The minimum Gasteiger partial charge on any atom is -0.359 e. The van der Waals surface area contributed by atoms with Gasteiger partial charge < -0.3 is 14.9 Å². The minimum absolute atomic E-state index is 0.0292. The number of nitrogens with zero attached hydrogens (tertiary/aromatic N) is 4. The largest absolute Gasteiger partial charge is 0.359 e. The van der Waals surface area contributed by atoms with E-state index in [0.29, 0.717) is 5.82 Å². The van der Waals surface area contributed by atoms with Crippen LogP contribution in [0, 0.1) is 0 Å². The fraction of sp³-hybridized carbons (Fsp3) is 0.333. The molecule has 7 nitrogen and oxygen atoms in total. The van der Waals surface area contributed by atoms with Crippen LogP contribution in [0.2, 0.25) is 5.02 Å². The van der Waals surface area contributed by atoms with Crippen molar-refractivity contribution in [1.29, 1.82) is 0 Å². The van der Waals surface area contributed by atoms with Gasteiger partial charge in [-0.05, 0) is 6.92 Å². The van der Waals surface area contributed by atoms with Crippen molar-refractivity contribution >= 4 is 17.4 Å². The van der Waals surface area contributed by atoms with Crippen molar-refractivity contribution in [2.75, 3.05) is 5.32 Å². The molecule has 2 rings (SSSR count). The molecule has 0 saturated carbocycles. The van der Waals surface area contributed by atoms with Gasteiger partial charge in [0.05, 0.1) is 12.4 Å². The van der Waals surface area contributed by atoms with E-state index in [9.17, 15) is 4.79 Å². The highest BCUT2D eigenvalue weighted by molar-refractivity contribution is 6.32. The first-order chi connectivity index (χ1) is 8.09. The molecule has 0 fully saturated rings. The van der Waals surface area contributed by atoms with Gasteiger partial charge in [0, 0.05) is 7.05 Å². The van der Waals surface area contributed by atoms with Gasteiger partial charge in [-0.1, -0.05) is 11.6 Å². The molecule has 0 radical (unpaired) electrons. The van der Waals surface area contributed by atoms with Crippen LogP contribution in [0.1, 0.15) is 18.8 Å². The van der Waals surface area contributed by atoms with Crippen LogP contribution >= 0.6 is 11.6 Å². The molecule has 0 aliphatic heterocycles. The first-order valence-electron chi connectivity index (χ1n) is 4.93. The lowest BCUT2D eigenvalue weighted by Crippen LogP contribution is -2.16. The third kappa shape index (κ3) is 2.28. The molecule has 1 atom stereocenters. The Morgan fingerprint density at radius 2 is 2.35 bits per heavy atom. The maximum absolute atomic E-state index is 11.3. The van der Waals surface area contributed by atoms with E-state index in [1.807, 2.05) is 14.0 Å². The topological polar surface area (TPSA) is 88.5 Å². The highest BCUT2D eigenvalue weighted by Crippen LogP contribution is 2.19. The summed E-state index contributed by atoms with van der Waals surface area (Å²) in [6.07, 6.45) is 2.89. The Balaban J connectivity index is 2.25. The van der Waals surface area contributed by atoms with Crippen LogP contribution in [-0.2, 0) is 7.05 Å². The van der Waals surface area contributed by atoms with E-state index in [1.165, 1.54) is 6.33 Å². The Labute approximate surface area is 102 Å². The van der Waals surface area contributed by atoms with Gasteiger partial charge in [0.15, 0.2) is 11.6 Å². The average Bonchev–Trinajstić information content (AvgIpc) is 2.71. The highest BCUT2D eigenvalue weighted by Gasteiger charge is 2.14. The maximum Gasteiger partial charge on any atom is 0.271 e. The number of hydrogen-bond acceptors (Lipinski definition) is 5. The predicted molar refractivity (Wildman–Crippen MR) is 62.9 cm³/mol. The van der Waals surface area contributed by atoms with E-state index in [4.69, 9.17) is 11.6 Å². The quantitative estimate of drug-likeness (QED) is 0.843. The molecule has 2 heterocycles. The summed E-state index contributed by atoms with van der Waals surface area (Å²) in [6, 6.07) is -0.158. The maximum atomic E-state index is 11.3. The molecule has 8 heteroatoms. The zero-order valence-electron chi connectivity index (χ0n) is 9.31. The van der Waals surface area contributed by atoms with Crippen molar-refractivity contribution in [3.05, 3.63) is 33.9 Å². The van der Waals surface area contributed by atoms with E-state index in [2.05, 4.69) is 25.5 Å². The van der Waals surface area contributed by atoms with E-state index < -0.39 is 0 Å². The number of anilines is 1. The van der Waals surface area contributed by atoms with Crippen LogP contribution in [0.5, 0.6) is 0 Å². The first-order valence-corrected chi connectivity index (χ1v) is 5.31. The van der Waals surface area contributed by atoms with Crippen molar-refractivity contribution in [2.45, 2.75) is 13.0 Å². The SMILES string of the molecule is CC(Nc1nc[nH]c(=O)c1Cl)c1nncn1C. The van der Waals surface area contributed by atoms with Crippen LogP contribution < -0.4 is 10.9 Å². The normalized spacial score (nSPS) is 12.4. The monoisotopic (exact) mass is 254 g/mol. The second-order valence-corrected chi connectivity index (χ2v) is 3.94. The number of H-pyrrole nitrogens is 1. The van der Waals surface area contributed by atoms with Crippen molar-refractivity contribution in [2.24, 2.45) is 7.05 Å². The van der Waals surface area contributed by atoms with Crippen LogP contribution in [0.25, 0.3) is 0 Å². The molecule has 90 valence electrons. The summed E-state index contributed by atoms with van der Waals surface area (Å²) in [5.41, 5.74) is -0.380. The van der Waals surface area contributed by atoms with Gasteiger partial charge in [-0.2, -0.15) is 0 Å². The predicted octanol–water partition coefficient (Wildman–Crippen LogP) is 0.725. The van der Waals surface area contributed by atoms with E-state index in [0.717, 1.165) is 5.82 Å². The summed E-state index contributed by atoms with van der Waals surface area (Å²) in [5, 5.41) is 10.8. The molecule has 0 amide bonds. The van der Waals surface area contributed by atoms with E-state index >= 15 is 0 Å². The molecule has 0 aromatic carbocycles. The third-order valence-electron chi connectivity index (χ3n) is 2.28. The summed E-state index contributed by atoms with van der Waals surface area (Å²) in [6.45, 7) is 1.88. The summed E-state index contributed by atoms with van der Waals surface area (Å²) in [7, 11) is 1.83. The average molecular weight is 255 g/mol. The van der Waals surface area contributed by atoms with Crippen molar-refractivity contribution < 1.29 is 0 Å². The molecule has 0 bridgehead atoms.